The van der Waals surface area contributed by atoms with Gasteiger partial charge in [-0.15, -0.1) is 0 Å². The van der Waals surface area contributed by atoms with E-state index in [9.17, 15) is 14.7 Å². The largest absolute Gasteiger partial charge is 0.548 e. The van der Waals surface area contributed by atoms with E-state index in [-0.39, 0.29) is 13.0 Å². The highest BCUT2D eigenvalue weighted by atomic mass is 16.5. The van der Waals surface area contributed by atoms with Crippen molar-refractivity contribution in [2.45, 2.75) is 25.7 Å². The smallest absolute Gasteiger partial charge is 0.408 e. The highest BCUT2D eigenvalue weighted by Crippen LogP contribution is 2.15. The van der Waals surface area contributed by atoms with Gasteiger partial charge in [-0.2, -0.15) is 0 Å². The zero-order valence-corrected chi connectivity index (χ0v) is 16.3. The predicted molar refractivity (Wildman–Crippen MR) is 109 cm³/mol. The number of benzene rings is 3. The number of carbonyl (C=O) groups is 2. The lowest BCUT2D eigenvalue weighted by atomic mass is 10.1. The van der Waals surface area contributed by atoms with E-state index in [0.29, 0.717) is 12.4 Å². The molecule has 1 N–H and O–H groups in total. The lowest BCUT2D eigenvalue weighted by molar-refractivity contribution is -0.308. The Kier molecular flexibility index (Phi) is 7.44. The van der Waals surface area contributed by atoms with Crippen LogP contribution in [-0.4, -0.2) is 18.1 Å². The van der Waals surface area contributed by atoms with Crippen molar-refractivity contribution in [1.82, 2.24) is 5.32 Å². The average molecular weight is 404 g/mol. The van der Waals surface area contributed by atoms with E-state index in [1.54, 1.807) is 24.3 Å². The molecule has 0 aliphatic heterocycles. The molecule has 1 amide bonds. The molecule has 0 unspecified atom stereocenters. The summed E-state index contributed by atoms with van der Waals surface area (Å²) < 4.78 is 10.8. The van der Waals surface area contributed by atoms with Crippen molar-refractivity contribution in [2.24, 2.45) is 0 Å². The van der Waals surface area contributed by atoms with Crippen LogP contribution in [0.5, 0.6) is 5.75 Å². The Morgan fingerprint density at radius 2 is 1.33 bits per heavy atom. The Balaban J connectivity index is 1.50. The fraction of sp³-hybridized carbons (Fsp3) is 0.167. The van der Waals surface area contributed by atoms with Crippen molar-refractivity contribution in [3.63, 3.8) is 0 Å². The molecule has 0 fully saturated rings. The Morgan fingerprint density at radius 3 is 1.90 bits per heavy atom. The SMILES string of the molecule is O=C(N[C@H](Cc1ccc(OCc2ccccc2)cc1)C(=O)[O-])OCc1ccccc1. The van der Waals surface area contributed by atoms with E-state index in [0.717, 1.165) is 16.7 Å². The average Bonchev–Trinajstić information content (AvgIpc) is 2.78. The number of carboxylic acid groups (broad SMARTS) is 1. The maximum absolute atomic E-state index is 12.0. The summed E-state index contributed by atoms with van der Waals surface area (Å²) in [5.41, 5.74) is 2.58. The Labute approximate surface area is 175 Å². The third-order valence-electron chi connectivity index (χ3n) is 4.40. The van der Waals surface area contributed by atoms with Gasteiger partial charge in [-0.05, 0) is 35.2 Å². The number of alkyl carbamates (subject to hydrolysis) is 1. The van der Waals surface area contributed by atoms with Gasteiger partial charge in [0.1, 0.15) is 19.0 Å². The summed E-state index contributed by atoms with van der Waals surface area (Å²) in [4.78, 5) is 23.4. The summed E-state index contributed by atoms with van der Waals surface area (Å²) in [6.07, 6.45) is -0.738. The van der Waals surface area contributed by atoms with Crippen LogP contribution in [0.25, 0.3) is 0 Å². The van der Waals surface area contributed by atoms with E-state index in [2.05, 4.69) is 5.32 Å². The van der Waals surface area contributed by atoms with Crippen LogP contribution in [-0.2, 0) is 29.2 Å². The molecule has 3 aromatic carbocycles. The van der Waals surface area contributed by atoms with Gasteiger partial charge in [0.25, 0.3) is 0 Å². The van der Waals surface area contributed by atoms with Crippen LogP contribution in [0, 0.1) is 0 Å². The molecule has 3 aromatic rings. The zero-order valence-electron chi connectivity index (χ0n) is 16.3. The number of aliphatic carboxylic acids is 1. The van der Waals surface area contributed by atoms with E-state index in [1.807, 2.05) is 60.7 Å². The minimum absolute atomic E-state index is 0.0554. The molecule has 1 atom stereocenters. The van der Waals surface area contributed by atoms with E-state index < -0.39 is 18.1 Å². The van der Waals surface area contributed by atoms with Crippen LogP contribution in [0.3, 0.4) is 0 Å². The summed E-state index contributed by atoms with van der Waals surface area (Å²) in [7, 11) is 0. The molecule has 0 heterocycles. The van der Waals surface area contributed by atoms with Crippen LogP contribution in [0.2, 0.25) is 0 Å². The van der Waals surface area contributed by atoms with Crippen LogP contribution in [0.1, 0.15) is 16.7 Å². The molecular weight excluding hydrogens is 382 g/mol. The summed E-state index contributed by atoms with van der Waals surface area (Å²) in [6, 6.07) is 24.7. The second-order valence-corrected chi connectivity index (χ2v) is 6.70. The lowest BCUT2D eigenvalue weighted by Gasteiger charge is -2.19. The Hall–Kier alpha value is -3.80. The van der Waals surface area contributed by atoms with Crippen LogP contribution in [0.4, 0.5) is 4.79 Å². The molecule has 0 radical (unpaired) electrons. The lowest BCUT2D eigenvalue weighted by Crippen LogP contribution is -2.49. The standard InChI is InChI=1S/C24H23NO5/c26-23(27)22(25-24(28)30-17-20-9-5-2-6-10-20)15-18-11-13-21(14-12-18)29-16-19-7-3-1-4-8-19/h1-14,22H,15-17H2,(H,25,28)(H,26,27)/p-1/t22-/m1/s1. The Morgan fingerprint density at radius 1 is 0.767 bits per heavy atom. The molecule has 0 saturated heterocycles. The maximum Gasteiger partial charge on any atom is 0.408 e. The van der Waals surface area contributed by atoms with Gasteiger partial charge in [0.15, 0.2) is 0 Å². The topological polar surface area (TPSA) is 87.7 Å². The third-order valence-corrected chi connectivity index (χ3v) is 4.40. The molecule has 0 bridgehead atoms. The number of carboxylic acids is 1. The van der Waals surface area contributed by atoms with E-state index >= 15 is 0 Å². The highest BCUT2D eigenvalue weighted by Gasteiger charge is 2.15. The molecule has 0 aliphatic carbocycles. The normalized spacial score (nSPS) is 11.3. The molecule has 6 nitrogen and oxygen atoms in total. The van der Waals surface area contributed by atoms with E-state index in [1.165, 1.54) is 0 Å². The number of amides is 1. The summed E-state index contributed by atoms with van der Waals surface area (Å²) in [5, 5.41) is 13.8. The minimum atomic E-state index is -1.38. The first kappa shape index (κ1) is 20.9. The fourth-order valence-electron chi connectivity index (χ4n) is 2.80. The second-order valence-electron chi connectivity index (χ2n) is 6.70. The molecule has 0 aliphatic rings. The number of hydrogen-bond donors (Lipinski definition) is 1. The van der Waals surface area contributed by atoms with Gasteiger partial charge in [0, 0.05) is 0 Å². The number of hydrogen-bond acceptors (Lipinski definition) is 5. The van der Waals surface area contributed by atoms with Gasteiger partial charge in [-0.1, -0.05) is 72.8 Å². The fourth-order valence-corrected chi connectivity index (χ4v) is 2.80. The summed E-state index contributed by atoms with van der Waals surface area (Å²) in [6.45, 7) is 0.497. The van der Waals surface area contributed by atoms with Gasteiger partial charge < -0.3 is 24.7 Å². The molecule has 0 aromatic heterocycles. The third kappa shape index (κ3) is 6.67. The van der Waals surface area contributed by atoms with Crippen LogP contribution < -0.4 is 15.2 Å². The molecule has 6 heteroatoms. The van der Waals surface area contributed by atoms with E-state index in [4.69, 9.17) is 9.47 Å². The molecule has 154 valence electrons. The minimum Gasteiger partial charge on any atom is -0.548 e. The van der Waals surface area contributed by atoms with Crippen molar-refractivity contribution < 1.29 is 24.2 Å². The number of nitrogens with one attached hydrogen (secondary N) is 1. The van der Waals surface area contributed by atoms with Gasteiger partial charge in [-0.25, -0.2) is 4.79 Å². The number of carbonyl (C=O) groups excluding carboxylic acids is 2. The summed E-state index contributed by atoms with van der Waals surface area (Å²) in [5.74, 6) is -0.709. The predicted octanol–water partition coefficient (Wildman–Crippen LogP) is 2.85. The van der Waals surface area contributed by atoms with Gasteiger partial charge in [0.2, 0.25) is 0 Å². The van der Waals surface area contributed by atoms with Crippen LogP contribution >= 0.6 is 0 Å². The van der Waals surface area contributed by atoms with Crippen molar-refractivity contribution in [1.29, 1.82) is 0 Å². The van der Waals surface area contributed by atoms with Gasteiger partial charge >= 0.3 is 6.09 Å². The Bertz CT molecular complexity index is 942. The molecule has 30 heavy (non-hydrogen) atoms. The first-order valence-electron chi connectivity index (χ1n) is 9.54. The van der Waals surface area contributed by atoms with Gasteiger partial charge in [-0.3, -0.25) is 0 Å². The van der Waals surface area contributed by atoms with Crippen molar-refractivity contribution in [3.8, 4) is 5.75 Å². The highest BCUT2D eigenvalue weighted by molar-refractivity contribution is 5.78. The monoisotopic (exact) mass is 404 g/mol. The van der Waals surface area contributed by atoms with Crippen molar-refractivity contribution in [2.75, 3.05) is 0 Å². The van der Waals surface area contributed by atoms with Crippen molar-refractivity contribution in [3.05, 3.63) is 102 Å². The summed E-state index contributed by atoms with van der Waals surface area (Å²) >= 11 is 0. The second kappa shape index (κ2) is 10.7. The first-order valence-corrected chi connectivity index (χ1v) is 9.54. The number of rotatable bonds is 9. The number of ether oxygens (including phenoxy) is 2. The molecule has 0 spiro atoms. The molecule has 0 saturated carbocycles. The first-order chi connectivity index (χ1) is 14.6. The van der Waals surface area contributed by atoms with Gasteiger partial charge in [0.05, 0.1) is 12.0 Å². The molecular formula is C24H22NO5-. The zero-order chi connectivity index (χ0) is 21.2. The van der Waals surface area contributed by atoms with Crippen molar-refractivity contribution >= 4 is 12.1 Å². The molecule has 3 rings (SSSR count). The maximum atomic E-state index is 12.0. The van der Waals surface area contributed by atoms with Crippen LogP contribution in [0.15, 0.2) is 84.9 Å². The quantitative estimate of drug-likeness (QED) is 0.593.